The van der Waals surface area contributed by atoms with Crippen molar-refractivity contribution in [3.05, 3.63) is 41.0 Å². The Labute approximate surface area is 155 Å². The minimum Gasteiger partial charge on any atom is -0.395 e. The molecule has 25 heavy (non-hydrogen) atoms. The summed E-state index contributed by atoms with van der Waals surface area (Å²) in [5.41, 5.74) is 2.29. The van der Waals surface area contributed by atoms with Crippen molar-refractivity contribution in [2.45, 2.75) is 0 Å². The van der Waals surface area contributed by atoms with E-state index in [-0.39, 0.29) is 6.61 Å². The normalized spacial score (nSPS) is 15.8. The van der Waals surface area contributed by atoms with Crippen LogP contribution in [0.3, 0.4) is 0 Å². The number of benzene rings is 1. The van der Waals surface area contributed by atoms with E-state index in [0.717, 1.165) is 64.9 Å². The van der Waals surface area contributed by atoms with Crippen LogP contribution in [-0.4, -0.2) is 59.3 Å². The van der Waals surface area contributed by atoms with Crippen molar-refractivity contribution in [3.8, 4) is 11.1 Å². The van der Waals surface area contributed by atoms with Crippen molar-refractivity contribution in [1.29, 1.82) is 0 Å². The summed E-state index contributed by atoms with van der Waals surface area (Å²) in [6.45, 7) is 4.63. The summed E-state index contributed by atoms with van der Waals surface area (Å²) >= 11 is 7.68. The van der Waals surface area contributed by atoms with Crippen molar-refractivity contribution >= 4 is 39.0 Å². The first-order chi connectivity index (χ1) is 12.3. The molecule has 130 valence electrons. The van der Waals surface area contributed by atoms with Gasteiger partial charge in [0.25, 0.3) is 0 Å². The van der Waals surface area contributed by atoms with E-state index < -0.39 is 0 Å². The molecular formula is C18H19ClN4OS. The number of aromatic nitrogens is 2. The van der Waals surface area contributed by atoms with Gasteiger partial charge in [-0.2, -0.15) is 0 Å². The van der Waals surface area contributed by atoms with Gasteiger partial charge in [0.05, 0.1) is 12.0 Å². The van der Waals surface area contributed by atoms with Crippen LogP contribution in [0.25, 0.3) is 21.3 Å². The van der Waals surface area contributed by atoms with Crippen LogP contribution in [-0.2, 0) is 0 Å². The van der Waals surface area contributed by atoms with E-state index >= 15 is 0 Å². The van der Waals surface area contributed by atoms with Gasteiger partial charge < -0.3 is 10.0 Å². The third-order valence-corrected chi connectivity index (χ3v) is 5.73. The zero-order chi connectivity index (χ0) is 17.2. The molecule has 7 heteroatoms. The van der Waals surface area contributed by atoms with Gasteiger partial charge >= 0.3 is 0 Å². The van der Waals surface area contributed by atoms with Gasteiger partial charge in [-0.25, -0.2) is 9.97 Å². The molecule has 0 amide bonds. The van der Waals surface area contributed by atoms with Crippen LogP contribution in [0.5, 0.6) is 0 Å². The summed E-state index contributed by atoms with van der Waals surface area (Å²) in [5, 5.41) is 13.1. The zero-order valence-corrected chi connectivity index (χ0v) is 15.3. The number of piperazine rings is 1. The lowest BCUT2D eigenvalue weighted by Gasteiger charge is -2.35. The highest BCUT2D eigenvalue weighted by Crippen LogP contribution is 2.38. The number of nitrogens with zero attached hydrogens (tertiary/aromatic N) is 4. The van der Waals surface area contributed by atoms with E-state index in [1.165, 1.54) is 0 Å². The van der Waals surface area contributed by atoms with Crippen LogP contribution < -0.4 is 4.90 Å². The Morgan fingerprint density at radius 1 is 1.08 bits per heavy atom. The Balaban J connectivity index is 1.70. The van der Waals surface area contributed by atoms with E-state index in [9.17, 15) is 0 Å². The van der Waals surface area contributed by atoms with Crippen LogP contribution in [0.15, 0.2) is 36.0 Å². The molecule has 1 aliphatic heterocycles. The van der Waals surface area contributed by atoms with E-state index in [2.05, 4.69) is 25.1 Å². The Morgan fingerprint density at radius 3 is 2.56 bits per heavy atom. The Kier molecular flexibility index (Phi) is 4.85. The number of thiophene rings is 1. The fourth-order valence-corrected chi connectivity index (χ4v) is 4.30. The van der Waals surface area contributed by atoms with Crippen molar-refractivity contribution < 1.29 is 5.11 Å². The molecule has 0 saturated carbocycles. The third-order valence-electron chi connectivity index (χ3n) is 4.59. The summed E-state index contributed by atoms with van der Waals surface area (Å²) in [4.78, 5) is 14.7. The molecule has 2 aromatic heterocycles. The average molecular weight is 375 g/mol. The molecular weight excluding hydrogens is 356 g/mol. The Hall–Kier alpha value is -1.73. The van der Waals surface area contributed by atoms with Crippen LogP contribution in [0, 0.1) is 0 Å². The fraction of sp³-hybridized carbons (Fsp3) is 0.333. The molecule has 0 aliphatic carbocycles. The van der Waals surface area contributed by atoms with Crippen LogP contribution in [0.2, 0.25) is 5.02 Å². The molecule has 0 atom stereocenters. The Morgan fingerprint density at radius 2 is 1.84 bits per heavy atom. The van der Waals surface area contributed by atoms with Gasteiger partial charge in [-0.05, 0) is 17.7 Å². The summed E-state index contributed by atoms with van der Waals surface area (Å²) in [5.74, 6) is 1.000. The number of aliphatic hydroxyl groups is 1. The number of rotatable bonds is 4. The number of fused-ring (bicyclic) bond motifs is 1. The Bertz CT molecular complexity index is 859. The van der Waals surface area contributed by atoms with Gasteiger partial charge in [-0.3, -0.25) is 4.90 Å². The molecule has 1 saturated heterocycles. The van der Waals surface area contributed by atoms with Gasteiger partial charge in [0.1, 0.15) is 17.0 Å². The average Bonchev–Trinajstić information content (AvgIpc) is 3.08. The maximum atomic E-state index is 9.11. The highest BCUT2D eigenvalue weighted by Gasteiger charge is 2.22. The first-order valence-corrected chi connectivity index (χ1v) is 9.58. The van der Waals surface area contributed by atoms with E-state index in [1.54, 1.807) is 17.7 Å². The number of hydrogen-bond donors (Lipinski definition) is 1. The number of β-amino-alcohol motifs (C(OH)–C–C–N with tert-alkyl or cyclic N) is 1. The molecule has 1 aliphatic rings. The summed E-state index contributed by atoms with van der Waals surface area (Å²) < 4.78 is 0. The highest BCUT2D eigenvalue weighted by molar-refractivity contribution is 7.17. The predicted molar refractivity (Wildman–Crippen MR) is 104 cm³/mol. The SMILES string of the molecule is OCCN1CCN(c2ncnc3scc(-c4ccc(Cl)cc4)c23)CC1. The first kappa shape index (κ1) is 16.7. The van der Waals surface area contributed by atoms with Crippen molar-refractivity contribution in [1.82, 2.24) is 14.9 Å². The molecule has 1 N–H and O–H groups in total. The lowest BCUT2D eigenvalue weighted by molar-refractivity contribution is 0.188. The molecule has 3 heterocycles. The highest BCUT2D eigenvalue weighted by atomic mass is 35.5. The first-order valence-electron chi connectivity index (χ1n) is 8.32. The van der Waals surface area contributed by atoms with Crippen LogP contribution >= 0.6 is 22.9 Å². The van der Waals surface area contributed by atoms with Crippen LogP contribution in [0.1, 0.15) is 0 Å². The summed E-state index contributed by atoms with van der Waals surface area (Å²) in [6.07, 6.45) is 1.65. The van der Waals surface area contributed by atoms with Crippen molar-refractivity contribution in [2.24, 2.45) is 0 Å². The molecule has 0 bridgehead atoms. The second-order valence-electron chi connectivity index (χ2n) is 6.09. The molecule has 0 unspecified atom stereocenters. The number of halogens is 1. The van der Waals surface area contributed by atoms with Gasteiger partial charge in [0.2, 0.25) is 0 Å². The third kappa shape index (κ3) is 3.35. The predicted octanol–water partition coefficient (Wildman–Crippen LogP) is 3.13. The lowest BCUT2D eigenvalue weighted by Crippen LogP contribution is -2.47. The summed E-state index contributed by atoms with van der Waals surface area (Å²) in [7, 11) is 0. The molecule has 3 aromatic rings. The minimum absolute atomic E-state index is 0.211. The van der Waals surface area contributed by atoms with Crippen LogP contribution in [0.4, 0.5) is 5.82 Å². The molecule has 4 rings (SSSR count). The second-order valence-corrected chi connectivity index (χ2v) is 7.38. The number of aliphatic hydroxyl groups excluding tert-OH is 1. The zero-order valence-electron chi connectivity index (χ0n) is 13.7. The molecule has 1 aromatic carbocycles. The quantitative estimate of drug-likeness (QED) is 0.760. The van der Waals surface area contributed by atoms with E-state index in [1.807, 2.05) is 24.3 Å². The minimum atomic E-state index is 0.211. The largest absolute Gasteiger partial charge is 0.395 e. The maximum Gasteiger partial charge on any atom is 0.141 e. The van der Waals surface area contributed by atoms with Gasteiger partial charge in [-0.15, -0.1) is 11.3 Å². The van der Waals surface area contributed by atoms with Crippen molar-refractivity contribution in [2.75, 3.05) is 44.2 Å². The molecule has 0 spiro atoms. The maximum absolute atomic E-state index is 9.11. The monoisotopic (exact) mass is 374 g/mol. The molecule has 5 nitrogen and oxygen atoms in total. The smallest absolute Gasteiger partial charge is 0.141 e. The van der Waals surface area contributed by atoms with E-state index in [4.69, 9.17) is 16.7 Å². The molecule has 0 radical (unpaired) electrons. The number of anilines is 1. The summed E-state index contributed by atoms with van der Waals surface area (Å²) in [6, 6.07) is 7.91. The lowest BCUT2D eigenvalue weighted by atomic mass is 10.1. The van der Waals surface area contributed by atoms with Gasteiger partial charge in [-0.1, -0.05) is 23.7 Å². The topological polar surface area (TPSA) is 52.5 Å². The van der Waals surface area contributed by atoms with Crippen molar-refractivity contribution in [3.63, 3.8) is 0 Å². The number of hydrogen-bond acceptors (Lipinski definition) is 6. The standard InChI is InChI=1S/C18H19ClN4OS/c19-14-3-1-13(2-4-14)15-11-25-18-16(15)17(20-12-21-18)23-7-5-22(6-8-23)9-10-24/h1-4,11-12,24H,5-10H2. The van der Waals surface area contributed by atoms with Gasteiger partial charge in [0.15, 0.2) is 0 Å². The van der Waals surface area contributed by atoms with Gasteiger partial charge in [0, 0.05) is 48.7 Å². The molecule has 1 fully saturated rings. The van der Waals surface area contributed by atoms with E-state index in [0.29, 0.717) is 0 Å². The second kappa shape index (κ2) is 7.25. The fourth-order valence-electron chi connectivity index (χ4n) is 3.27.